The number of aryl methyl sites for hydroxylation is 1. The predicted molar refractivity (Wildman–Crippen MR) is 138 cm³/mol. The summed E-state index contributed by atoms with van der Waals surface area (Å²) in [7, 11) is 0. The molecular formula is C23H33IN4O2S. The maximum atomic E-state index is 5.99. The summed E-state index contributed by atoms with van der Waals surface area (Å²) in [6.07, 6.45) is 3.44. The first kappa shape index (κ1) is 24.4. The van der Waals surface area contributed by atoms with Gasteiger partial charge in [-0.1, -0.05) is 29.8 Å². The molecule has 0 spiro atoms. The van der Waals surface area contributed by atoms with E-state index < -0.39 is 0 Å². The van der Waals surface area contributed by atoms with Crippen LogP contribution in [0.15, 0.2) is 34.6 Å². The van der Waals surface area contributed by atoms with Crippen molar-refractivity contribution in [2.24, 2.45) is 4.99 Å². The van der Waals surface area contributed by atoms with E-state index in [1.54, 1.807) is 11.3 Å². The quantitative estimate of drug-likeness (QED) is 0.330. The number of morpholine rings is 1. The highest BCUT2D eigenvalue weighted by Gasteiger charge is 2.32. The summed E-state index contributed by atoms with van der Waals surface area (Å²) < 4.78 is 11.8. The molecule has 31 heavy (non-hydrogen) atoms. The molecular weight excluding hydrogens is 523 g/mol. The predicted octanol–water partition coefficient (Wildman–Crippen LogP) is 4.12. The molecule has 2 aliphatic heterocycles. The topological polar surface area (TPSA) is 59.0 Å². The maximum absolute atomic E-state index is 5.99. The molecule has 2 unspecified atom stereocenters. The molecule has 0 bridgehead atoms. The minimum atomic E-state index is 0. The van der Waals surface area contributed by atoms with E-state index in [-0.39, 0.29) is 36.2 Å². The van der Waals surface area contributed by atoms with Crippen molar-refractivity contribution < 1.29 is 9.47 Å². The van der Waals surface area contributed by atoms with Gasteiger partial charge in [0.1, 0.15) is 11.1 Å². The zero-order valence-electron chi connectivity index (χ0n) is 18.4. The Bertz CT molecular complexity index is 836. The Morgan fingerprint density at radius 1 is 1.23 bits per heavy atom. The van der Waals surface area contributed by atoms with Crippen molar-refractivity contribution in [2.45, 2.75) is 45.3 Å². The SMILES string of the molecule is CCNC(=NCCc1csc(-c2ccc(C)cc2)n1)N1CCOC(C2CCCO2)C1.I. The summed E-state index contributed by atoms with van der Waals surface area (Å²) in [6, 6.07) is 8.55. The number of aromatic nitrogens is 1. The number of hydrogen-bond acceptors (Lipinski definition) is 5. The van der Waals surface area contributed by atoms with Gasteiger partial charge in [-0.2, -0.15) is 0 Å². The average Bonchev–Trinajstić information content (AvgIpc) is 3.46. The molecule has 3 heterocycles. The minimum absolute atomic E-state index is 0. The molecule has 6 nitrogen and oxygen atoms in total. The van der Waals surface area contributed by atoms with Crippen LogP contribution in [0.3, 0.4) is 0 Å². The molecule has 170 valence electrons. The second-order valence-corrected chi connectivity index (χ2v) is 8.76. The molecule has 0 aliphatic carbocycles. The van der Waals surface area contributed by atoms with Crippen LogP contribution in [0.4, 0.5) is 0 Å². The van der Waals surface area contributed by atoms with Crippen LogP contribution in [0, 0.1) is 6.92 Å². The molecule has 1 aromatic heterocycles. The number of ether oxygens (including phenoxy) is 2. The van der Waals surface area contributed by atoms with Crippen molar-refractivity contribution in [1.29, 1.82) is 0 Å². The van der Waals surface area contributed by atoms with Crippen LogP contribution in [0.25, 0.3) is 10.6 Å². The van der Waals surface area contributed by atoms with E-state index in [0.717, 1.165) is 75.3 Å². The zero-order valence-corrected chi connectivity index (χ0v) is 21.5. The number of benzene rings is 1. The van der Waals surface area contributed by atoms with E-state index in [1.165, 1.54) is 11.1 Å². The number of guanidine groups is 1. The van der Waals surface area contributed by atoms with Gasteiger partial charge in [-0.25, -0.2) is 4.98 Å². The van der Waals surface area contributed by atoms with Crippen LogP contribution in [0.1, 0.15) is 31.0 Å². The van der Waals surface area contributed by atoms with E-state index in [0.29, 0.717) is 0 Å². The van der Waals surface area contributed by atoms with Gasteiger partial charge in [0.05, 0.1) is 18.4 Å². The summed E-state index contributed by atoms with van der Waals surface area (Å²) in [5, 5.41) is 6.68. The standard InChI is InChI=1S/C23H32N4O2S.HI/c1-3-24-23(27-12-14-29-21(15-27)20-5-4-13-28-20)25-11-10-19-16-30-22(26-19)18-8-6-17(2)7-9-18;/h6-9,16,20-21H,3-5,10-15H2,1-2H3,(H,24,25);1H. The smallest absolute Gasteiger partial charge is 0.194 e. The van der Waals surface area contributed by atoms with Gasteiger partial charge in [0.25, 0.3) is 0 Å². The van der Waals surface area contributed by atoms with Crippen LogP contribution < -0.4 is 5.32 Å². The number of nitrogens with zero attached hydrogens (tertiary/aromatic N) is 3. The molecule has 4 rings (SSSR count). The molecule has 2 aromatic rings. The van der Waals surface area contributed by atoms with Crippen LogP contribution >= 0.6 is 35.3 Å². The highest BCUT2D eigenvalue weighted by atomic mass is 127. The van der Waals surface area contributed by atoms with Crippen molar-refractivity contribution in [3.63, 3.8) is 0 Å². The molecule has 2 fully saturated rings. The van der Waals surface area contributed by atoms with Gasteiger partial charge in [-0.15, -0.1) is 35.3 Å². The lowest BCUT2D eigenvalue weighted by atomic mass is 10.1. The number of rotatable bonds is 6. The molecule has 2 aliphatic rings. The second-order valence-electron chi connectivity index (χ2n) is 7.90. The number of nitrogens with one attached hydrogen (secondary N) is 1. The third-order valence-corrected chi connectivity index (χ3v) is 6.53. The highest BCUT2D eigenvalue weighted by Crippen LogP contribution is 2.24. The van der Waals surface area contributed by atoms with Crippen LogP contribution in [0.5, 0.6) is 0 Å². The Hall–Kier alpha value is -1.23. The fourth-order valence-electron chi connectivity index (χ4n) is 3.94. The van der Waals surface area contributed by atoms with Gasteiger partial charge in [0.15, 0.2) is 5.96 Å². The Kier molecular flexibility index (Phi) is 9.55. The Morgan fingerprint density at radius 3 is 2.77 bits per heavy atom. The van der Waals surface area contributed by atoms with Crippen molar-refractivity contribution in [1.82, 2.24) is 15.2 Å². The summed E-state index contributed by atoms with van der Waals surface area (Å²) in [5.74, 6) is 0.970. The van der Waals surface area contributed by atoms with Crippen molar-refractivity contribution in [2.75, 3.05) is 39.4 Å². The first-order valence-corrected chi connectivity index (χ1v) is 11.9. The Morgan fingerprint density at radius 2 is 2.03 bits per heavy atom. The third-order valence-electron chi connectivity index (χ3n) is 5.59. The molecule has 1 N–H and O–H groups in total. The van der Waals surface area contributed by atoms with E-state index >= 15 is 0 Å². The normalized spacial score (nSPS) is 21.7. The lowest BCUT2D eigenvalue weighted by molar-refractivity contribution is -0.0817. The number of thiazole rings is 1. The summed E-state index contributed by atoms with van der Waals surface area (Å²) >= 11 is 1.70. The minimum Gasteiger partial charge on any atom is -0.375 e. The van der Waals surface area contributed by atoms with Gasteiger partial charge in [0, 0.05) is 50.2 Å². The second kappa shape index (κ2) is 12.1. The summed E-state index contributed by atoms with van der Waals surface area (Å²) in [5.41, 5.74) is 3.56. The molecule has 0 amide bonds. The first-order valence-electron chi connectivity index (χ1n) is 11.0. The number of hydrogen-bond donors (Lipinski definition) is 1. The molecule has 0 radical (unpaired) electrons. The van der Waals surface area contributed by atoms with Gasteiger partial charge >= 0.3 is 0 Å². The maximum Gasteiger partial charge on any atom is 0.194 e. The van der Waals surface area contributed by atoms with E-state index in [9.17, 15) is 0 Å². The van der Waals surface area contributed by atoms with E-state index in [4.69, 9.17) is 19.5 Å². The molecule has 2 saturated heterocycles. The highest BCUT2D eigenvalue weighted by molar-refractivity contribution is 14.0. The summed E-state index contributed by atoms with van der Waals surface area (Å²) in [4.78, 5) is 12.0. The van der Waals surface area contributed by atoms with Crippen LogP contribution in [-0.2, 0) is 15.9 Å². The number of aliphatic imine (C=N–C) groups is 1. The van der Waals surface area contributed by atoms with E-state index in [1.807, 2.05) is 0 Å². The lowest BCUT2D eigenvalue weighted by Gasteiger charge is -2.37. The Balaban J connectivity index is 0.00000272. The van der Waals surface area contributed by atoms with Gasteiger partial charge in [-0.3, -0.25) is 4.99 Å². The van der Waals surface area contributed by atoms with Crippen LogP contribution in [-0.4, -0.2) is 67.4 Å². The fourth-order valence-corrected chi connectivity index (χ4v) is 4.80. The first-order chi connectivity index (χ1) is 14.7. The zero-order chi connectivity index (χ0) is 20.8. The lowest BCUT2D eigenvalue weighted by Crippen LogP contribution is -2.53. The Labute approximate surface area is 206 Å². The van der Waals surface area contributed by atoms with E-state index in [2.05, 4.69) is 53.7 Å². The van der Waals surface area contributed by atoms with Gasteiger partial charge < -0.3 is 19.7 Å². The third kappa shape index (κ3) is 6.63. The van der Waals surface area contributed by atoms with Crippen molar-refractivity contribution in [3.05, 3.63) is 40.9 Å². The molecule has 0 saturated carbocycles. The van der Waals surface area contributed by atoms with Crippen molar-refractivity contribution in [3.8, 4) is 10.6 Å². The largest absolute Gasteiger partial charge is 0.375 e. The molecule has 8 heteroatoms. The fraction of sp³-hybridized carbons (Fsp3) is 0.565. The monoisotopic (exact) mass is 556 g/mol. The average molecular weight is 557 g/mol. The summed E-state index contributed by atoms with van der Waals surface area (Å²) in [6.45, 7) is 9.08. The number of halogens is 1. The van der Waals surface area contributed by atoms with Gasteiger partial charge in [-0.05, 0) is 26.7 Å². The molecule has 1 aromatic carbocycles. The molecule has 2 atom stereocenters. The van der Waals surface area contributed by atoms with Crippen molar-refractivity contribution >= 4 is 41.3 Å². The van der Waals surface area contributed by atoms with Gasteiger partial charge in [0.2, 0.25) is 0 Å². The van der Waals surface area contributed by atoms with Crippen LogP contribution in [0.2, 0.25) is 0 Å².